The molecule has 0 aliphatic carbocycles. The number of primary amides is 1. The van der Waals surface area contributed by atoms with Gasteiger partial charge in [-0.2, -0.15) is 0 Å². The van der Waals surface area contributed by atoms with Crippen LogP contribution in [0.5, 0.6) is 0 Å². The number of carbonyl (C=O) groups is 2. The van der Waals surface area contributed by atoms with E-state index in [9.17, 15) is 9.59 Å². The molecule has 0 atom stereocenters. The highest BCUT2D eigenvalue weighted by Gasteiger charge is 2.06. The maximum atomic E-state index is 11.4. The van der Waals surface area contributed by atoms with Crippen molar-refractivity contribution in [2.24, 2.45) is 5.73 Å². The molecule has 2 amide bonds. The molecule has 0 bridgehead atoms. The molecule has 0 unspecified atom stereocenters. The van der Waals surface area contributed by atoms with E-state index in [2.05, 4.69) is 5.32 Å². The molecule has 14 heavy (non-hydrogen) atoms. The van der Waals surface area contributed by atoms with Gasteiger partial charge in [-0.3, -0.25) is 9.59 Å². The van der Waals surface area contributed by atoms with Crippen LogP contribution in [0.15, 0.2) is 24.3 Å². The number of carbonyl (C=O) groups excluding carboxylic acids is 2. The zero-order chi connectivity index (χ0) is 10.6. The van der Waals surface area contributed by atoms with Gasteiger partial charge in [-0.1, -0.05) is 6.07 Å². The van der Waals surface area contributed by atoms with Crippen LogP contribution < -0.4 is 11.1 Å². The maximum absolute atomic E-state index is 11.4. The summed E-state index contributed by atoms with van der Waals surface area (Å²) in [4.78, 5) is 22.2. The van der Waals surface area contributed by atoms with Crippen molar-refractivity contribution in [3.8, 4) is 0 Å². The highest BCUT2D eigenvalue weighted by Crippen LogP contribution is 2.04. The van der Waals surface area contributed by atoms with Crippen LogP contribution in [0.1, 0.15) is 27.6 Å². The summed E-state index contributed by atoms with van der Waals surface area (Å²) in [6.45, 7) is 2.38. The van der Waals surface area contributed by atoms with Crippen molar-refractivity contribution in [2.75, 3.05) is 6.54 Å². The third kappa shape index (κ3) is 2.32. The smallest absolute Gasteiger partial charge is 0.251 e. The number of rotatable bonds is 3. The molecule has 1 rings (SSSR count). The van der Waals surface area contributed by atoms with Gasteiger partial charge in [0.05, 0.1) is 0 Å². The average molecular weight is 192 g/mol. The zero-order valence-corrected chi connectivity index (χ0v) is 7.91. The van der Waals surface area contributed by atoms with Crippen LogP contribution in [0.3, 0.4) is 0 Å². The predicted molar refractivity (Wildman–Crippen MR) is 53.0 cm³/mol. The molecule has 3 N–H and O–H groups in total. The molecule has 0 radical (unpaired) electrons. The van der Waals surface area contributed by atoms with Crippen LogP contribution in [-0.4, -0.2) is 18.4 Å². The minimum Gasteiger partial charge on any atom is -0.366 e. The summed E-state index contributed by atoms with van der Waals surface area (Å²) in [5.74, 6) is -0.730. The summed E-state index contributed by atoms with van der Waals surface area (Å²) in [6, 6.07) is 6.32. The first-order chi connectivity index (χ1) is 6.65. The lowest BCUT2D eigenvalue weighted by molar-refractivity contribution is 0.0956. The quantitative estimate of drug-likeness (QED) is 0.733. The molecule has 0 aliphatic rings. The summed E-state index contributed by atoms with van der Waals surface area (Å²) in [5.41, 5.74) is 5.87. The van der Waals surface area contributed by atoms with E-state index in [0.717, 1.165) is 0 Å². The Bertz CT molecular complexity index is 361. The fourth-order valence-electron chi connectivity index (χ4n) is 1.08. The standard InChI is InChI=1S/C10H12N2O2/c1-2-12-10(14)8-5-3-4-7(6-8)9(11)13/h3-6H,2H2,1H3,(H2,11,13)(H,12,14). The highest BCUT2D eigenvalue weighted by molar-refractivity contribution is 5.98. The van der Waals surface area contributed by atoms with Crippen molar-refractivity contribution >= 4 is 11.8 Å². The monoisotopic (exact) mass is 192 g/mol. The second-order valence-electron chi connectivity index (χ2n) is 2.80. The van der Waals surface area contributed by atoms with Gasteiger partial charge in [-0.05, 0) is 25.1 Å². The van der Waals surface area contributed by atoms with E-state index in [1.807, 2.05) is 6.92 Å². The number of benzene rings is 1. The van der Waals surface area contributed by atoms with E-state index in [0.29, 0.717) is 17.7 Å². The first-order valence-electron chi connectivity index (χ1n) is 4.33. The first-order valence-corrected chi connectivity index (χ1v) is 4.33. The summed E-state index contributed by atoms with van der Waals surface area (Å²) in [7, 11) is 0. The van der Waals surface area contributed by atoms with Gasteiger partial charge in [0.2, 0.25) is 5.91 Å². The lowest BCUT2D eigenvalue weighted by Crippen LogP contribution is -2.23. The molecular weight excluding hydrogens is 180 g/mol. The third-order valence-electron chi connectivity index (χ3n) is 1.75. The molecule has 0 aliphatic heterocycles. The minimum absolute atomic E-state index is 0.199. The van der Waals surface area contributed by atoms with Gasteiger partial charge in [-0.15, -0.1) is 0 Å². The Labute approximate surface area is 82.1 Å². The van der Waals surface area contributed by atoms with Crippen molar-refractivity contribution in [1.29, 1.82) is 0 Å². The molecule has 0 saturated heterocycles. The van der Waals surface area contributed by atoms with Crippen LogP contribution in [-0.2, 0) is 0 Å². The molecular formula is C10H12N2O2. The van der Waals surface area contributed by atoms with Crippen molar-refractivity contribution in [2.45, 2.75) is 6.92 Å². The van der Waals surface area contributed by atoms with Gasteiger partial charge in [0, 0.05) is 17.7 Å². The second kappa shape index (κ2) is 4.41. The van der Waals surface area contributed by atoms with Gasteiger partial charge in [0.25, 0.3) is 5.91 Å². The molecule has 74 valence electrons. The Balaban J connectivity index is 2.93. The summed E-state index contributed by atoms with van der Waals surface area (Å²) >= 11 is 0. The summed E-state index contributed by atoms with van der Waals surface area (Å²) < 4.78 is 0. The largest absolute Gasteiger partial charge is 0.366 e. The van der Waals surface area contributed by atoms with Crippen molar-refractivity contribution in [3.63, 3.8) is 0 Å². The van der Waals surface area contributed by atoms with Crippen molar-refractivity contribution in [1.82, 2.24) is 5.32 Å². The van der Waals surface area contributed by atoms with E-state index in [1.54, 1.807) is 18.2 Å². The van der Waals surface area contributed by atoms with E-state index in [-0.39, 0.29) is 5.91 Å². The van der Waals surface area contributed by atoms with Crippen molar-refractivity contribution < 1.29 is 9.59 Å². The van der Waals surface area contributed by atoms with Crippen LogP contribution >= 0.6 is 0 Å². The fraction of sp³-hybridized carbons (Fsp3) is 0.200. The predicted octanol–water partition coefficient (Wildman–Crippen LogP) is 0.535. The number of hydrogen-bond donors (Lipinski definition) is 2. The number of amides is 2. The first kappa shape index (κ1) is 10.2. The molecule has 0 fully saturated rings. The number of nitrogens with two attached hydrogens (primary N) is 1. The molecule has 1 aromatic rings. The number of hydrogen-bond acceptors (Lipinski definition) is 2. The van der Waals surface area contributed by atoms with Gasteiger partial charge >= 0.3 is 0 Å². The molecule has 4 nitrogen and oxygen atoms in total. The Kier molecular flexibility index (Phi) is 3.23. The van der Waals surface area contributed by atoms with Crippen LogP contribution in [0.4, 0.5) is 0 Å². The zero-order valence-electron chi connectivity index (χ0n) is 7.91. The Morgan fingerprint density at radius 3 is 2.57 bits per heavy atom. The van der Waals surface area contributed by atoms with Gasteiger partial charge in [0.1, 0.15) is 0 Å². The maximum Gasteiger partial charge on any atom is 0.251 e. The lowest BCUT2D eigenvalue weighted by Gasteiger charge is -2.02. The molecule has 0 spiro atoms. The van der Waals surface area contributed by atoms with Gasteiger partial charge in [0.15, 0.2) is 0 Å². The van der Waals surface area contributed by atoms with Gasteiger partial charge in [-0.25, -0.2) is 0 Å². The average Bonchev–Trinajstić information content (AvgIpc) is 2.18. The van der Waals surface area contributed by atoms with Gasteiger partial charge < -0.3 is 11.1 Å². The minimum atomic E-state index is -0.531. The molecule has 4 heteroatoms. The highest BCUT2D eigenvalue weighted by atomic mass is 16.2. The topological polar surface area (TPSA) is 72.2 Å². The Morgan fingerprint density at radius 1 is 1.36 bits per heavy atom. The molecule has 1 aromatic carbocycles. The molecule has 0 saturated carbocycles. The summed E-state index contributed by atoms with van der Waals surface area (Å²) in [5, 5.41) is 2.64. The normalized spacial score (nSPS) is 9.50. The summed E-state index contributed by atoms with van der Waals surface area (Å²) in [6.07, 6.45) is 0. The van der Waals surface area contributed by atoms with E-state index >= 15 is 0 Å². The fourth-order valence-corrected chi connectivity index (χ4v) is 1.08. The van der Waals surface area contributed by atoms with E-state index < -0.39 is 5.91 Å². The lowest BCUT2D eigenvalue weighted by atomic mass is 10.1. The third-order valence-corrected chi connectivity index (χ3v) is 1.75. The van der Waals surface area contributed by atoms with Crippen LogP contribution in [0.2, 0.25) is 0 Å². The SMILES string of the molecule is CCNC(=O)c1cccc(C(N)=O)c1. The van der Waals surface area contributed by atoms with Crippen LogP contribution in [0.25, 0.3) is 0 Å². The van der Waals surface area contributed by atoms with E-state index in [4.69, 9.17) is 5.73 Å². The van der Waals surface area contributed by atoms with Crippen LogP contribution in [0, 0.1) is 0 Å². The Morgan fingerprint density at radius 2 is 2.00 bits per heavy atom. The second-order valence-corrected chi connectivity index (χ2v) is 2.80. The Hall–Kier alpha value is -1.84. The molecule has 0 heterocycles. The van der Waals surface area contributed by atoms with Crippen molar-refractivity contribution in [3.05, 3.63) is 35.4 Å². The number of nitrogens with one attached hydrogen (secondary N) is 1. The van der Waals surface area contributed by atoms with E-state index in [1.165, 1.54) is 6.07 Å². The molecule has 0 aromatic heterocycles.